The molecule has 13 nitrogen and oxygen atoms in total. The number of nitrogens with zero attached hydrogens (tertiary/aromatic N) is 6. The van der Waals surface area contributed by atoms with Crippen molar-refractivity contribution in [1.82, 2.24) is 29.6 Å². The van der Waals surface area contributed by atoms with Crippen LogP contribution < -0.4 is 4.74 Å². The van der Waals surface area contributed by atoms with Gasteiger partial charge in [0, 0.05) is 49.7 Å². The Hall–Kier alpha value is -5.58. The average Bonchev–Trinajstić information content (AvgIpc) is 3.48. The number of rotatable bonds is 5. The van der Waals surface area contributed by atoms with Gasteiger partial charge in [0.05, 0.1) is 18.7 Å². The van der Waals surface area contributed by atoms with Crippen LogP contribution in [0.2, 0.25) is 0 Å². The second-order valence-corrected chi connectivity index (χ2v) is 10.5. The molecule has 1 atom stereocenters. The van der Waals surface area contributed by atoms with E-state index in [0.29, 0.717) is 5.88 Å². The Balaban J connectivity index is 0.000000379. The number of methoxy groups -OCH3 is 1. The van der Waals surface area contributed by atoms with E-state index in [1.807, 2.05) is 30.5 Å². The summed E-state index contributed by atoms with van der Waals surface area (Å²) in [5.74, 6) is -7.86. The molecule has 3 N–H and O–H groups in total. The summed E-state index contributed by atoms with van der Waals surface area (Å²) >= 11 is 0. The molecule has 0 aliphatic carbocycles. The largest absolute Gasteiger partial charge is 0.490 e. The lowest BCUT2D eigenvalue weighted by molar-refractivity contribution is -0.193. The molecule has 4 aromatic rings. The van der Waals surface area contributed by atoms with Crippen molar-refractivity contribution in [3.63, 3.8) is 0 Å². The van der Waals surface area contributed by atoms with Gasteiger partial charge in [-0.3, -0.25) is 9.80 Å². The van der Waals surface area contributed by atoms with Crippen molar-refractivity contribution in [1.29, 1.82) is 0 Å². The Morgan fingerprint density at radius 1 is 0.830 bits per heavy atom. The van der Waals surface area contributed by atoms with Gasteiger partial charge in [-0.1, -0.05) is 29.5 Å². The van der Waals surface area contributed by atoms with Crippen molar-refractivity contribution >= 4 is 23.4 Å². The summed E-state index contributed by atoms with van der Waals surface area (Å²) in [6, 6.07) is 14.7. The number of ether oxygens (including phenoxy) is 1. The Kier molecular flexibility index (Phi) is 15.0. The lowest BCUT2D eigenvalue weighted by atomic mass is 10.1. The number of halogens is 10. The normalized spacial score (nSPS) is 15.1. The van der Waals surface area contributed by atoms with E-state index >= 15 is 0 Å². The van der Waals surface area contributed by atoms with Crippen LogP contribution in [0, 0.1) is 5.82 Å². The molecule has 0 spiro atoms. The van der Waals surface area contributed by atoms with Gasteiger partial charge in [0.1, 0.15) is 11.5 Å². The van der Waals surface area contributed by atoms with Gasteiger partial charge in [-0.05, 0) is 36.9 Å². The quantitative estimate of drug-likeness (QED) is 0.223. The summed E-state index contributed by atoms with van der Waals surface area (Å²) in [6.07, 6.45) is -11.6. The lowest BCUT2D eigenvalue weighted by Gasteiger charge is -2.38. The Bertz CT molecular complexity index is 1790. The molecule has 0 bridgehead atoms. The third kappa shape index (κ3) is 13.5. The number of alkyl halides is 9. The Labute approximate surface area is 291 Å². The van der Waals surface area contributed by atoms with Crippen LogP contribution in [0.3, 0.4) is 0 Å². The van der Waals surface area contributed by atoms with E-state index in [1.165, 1.54) is 12.1 Å². The van der Waals surface area contributed by atoms with E-state index in [-0.39, 0.29) is 11.9 Å². The molecule has 3 aromatic heterocycles. The SMILES string of the molecule is COc1ncccc1CN1CCN(C)C(c2nnn3cc(-c4cccc(F)c4)ccc23)C1.O=C(O)C(F)(F)F.O=C(O)C(F)(F)F.O=C(O)C(F)(F)F. The smallest absolute Gasteiger partial charge is 0.481 e. The molecule has 5 rings (SSSR count). The molecule has 1 saturated heterocycles. The number of aromatic nitrogens is 4. The number of likely N-dealkylation sites (N-methyl/N-ethyl adjacent to an activating group) is 1. The van der Waals surface area contributed by atoms with Crippen LogP contribution in [-0.4, -0.2) is 115 Å². The fourth-order valence-electron chi connectivity index (χ4n) is 4.33. The maximum Gasteiger partial charge on any atom is 0.490 e. The fraction of sp³-hybridized carbons (Fsp3) is 0.333. The highest BCUT2D eigenvalue weighted by atomic mass is 19.4. The molecular formula is C30H28F10N6O7. The van der Waals surface area contributed by atoms with Crippen LogP contribution in [0.5, 0.6) is 5.88 Å². The predicted octanol–water partition coefficient (Wildman–Crippen LogP) is 5.33. The van der Waals surface area contributed by atoms with Crippen molar-refractivity contribution < 1.29 is 78.3 Å². The first kappa shape index (κ1) is 43.6. The third-order valence-electron chi connectivity index (χ3n) is 6.81. The first-order valence-corrected chi connectivity index (χ1v) is 14.4. The lowest BCUT2D eigenvalue weighted by Crippen LogP contribution is -2.46. The summed E-state index contributed by atoms with van der Waals surface area (Å²) in [6.45, 7) is 3.47. The predicted molar refractivity (Wildman–Crippen MR) is 161 cm³/mol. The molecule has 0 saturated carbocycles. The summed E-state index contributed by atoms with van der Waals surface area (Å²) < 4.78 is 116. The van der Waals surface area contributed by atoms with Crippen LogP contribution >= 0.6 is 0 Å². The van der Waals surface area contributed by atoms with Gasteiger partial charge in [-0.2, -0.15) is 39.5 Å². The zero-order valence-corrected chi connectivity index (χ0v) is 27.1. The van der Waals surface area contributed by atoms with Crippen LogP contribution in [-0.2, 0) is 20.9 Å². The van der Waals surface area contributed by atoms with E-state index in [4.69, 9.17) is 34.4 Å². The fourth-order valence-corrected chi connectivity index (χ4v) is 4.33. The standard InChI is InChI=1S/C24H25FN6O.3C2HF3O2/c1-29-11-12-30(14-19-6-4-10-26-24(19)32-2)16-22(29)23-21-9-8-18(15-31(21)28-27-23)17-5-3-7-20(25)13-17;3*3-2(4,5)1(6)7/h3-10,13,15,22H,11-12,14,16H2,1-2H3;3*(H,6,7). The highest BCUT2D eigenvalue weighted by Crippen LogP contribution is 2.29. The number of hydrogen-bond acceptors (Lipinski definition) is 9. The minimum Gasteiger partial charge on any atom is -0.481 e. The zero-order valence-electron chi connectivity index (χ0n) is 27.1. The highest BCUT2D eigenvalue weighted by molar-refractivity contribution is 5.73. The van der Waals surface area contributed by atoms with E-state index in [0.717, 1.165) is 54.1 Å². The summed E-state index contributed by atoms with van der Waals surface area (Å²) in [5, 5.41) is 30.3. The number of carboxylic acids is 3. The maximum atomic E-state index is 13.6. The van der Waals surface area contributed by atoms with Crippen molar-refractivity contribution in [3.8, 4) is 17.0 Å². The number of carbonyl (C=O) groups is 3. The van der Waals surface area contributed by atoms with Crippen LogP contribution in [0.1, 0.15) is 17.3 Å². The number of hydrogen-bond donors (Lipinski definition) is 3. The number of benzene rings is 1. The Morgan fingerprint density at radius 2 is 1.40 bits per heavy atom. The zero-order chi connectivity index (χ0) is 40.3. The molecule has 1 fully saturated rings. The molecule has 290 valence electrons. The molecule has 1 aliphatic heterocycles. The van der Waals surface area contributed by atoms with Gasteiger partial charge in [0.15, 0.2) is 0 Å². The van der Waals surface area contributed by atoms with Gasteiger partial charge in [0.2, 0.25) is 5.88 Å². The number of carboxylic acid groups (broad SMARTS) is 3. The van der Waals surface area contributed by atoms with E-state index in [9.17, 15) is 43.9 Å². The molecule has 4 heterocycles. The van der Waals surface area contributed by atoms with Crippen LogP contribution in [0.15, 0.2) is 60.9 Å². The number of piperazine rings is 1. The first-order chi connectivity index (χ1) is 24.4. The third-order valence-corrected chi connectivity index (χ3v) is 6.81. The molecule has 1 aliphatic rings. The van der Waals surface area contributed by atoms with Gasteiger partial charge in [-0.15, -0.1) is 5.10 Å². The van der Waals surface area contributed by atoms with Crippen molar-refractivity contribution in [2.75, 3.05) is 33.8 Å². The minimum atomic E-state index is -5.08. The minimum absolute atomic E-state index is 0.115. The maximum absolute atomic E-state index is 13.6. The molecule has 0 radical (unpaired) electrons. The van der Waals surface area contributed by atoms with E-state index in [1.54, 1.807) is 23.9 Å². The first-order valence-electron chi connectivity index (χ1n) is 14.4. The number of aliphatic carboxylic acids is 3. The summed E-state index contributed by atoms with van der Waals surface area (Å²) in [4.78, 5) is 35.7. The molecular weight excluding hydrogens is 746 g/mol. The van der Waals surface area contributed by atoms with Gasteiger partial charge >= 0.3 is 36.4 Å². The molecule has 1 unspecified atom stereocenters. The summed E-state index contributed by atoms with van der Waals surface area (Å²) in [5.41, 5.74) is 4.70. The molecule has 1 aromatic carbocycles. The molecule has 53 heavy (non-hydrogen) atoms. The molecule has 0 amide bonds. The van der Waals surface area contributed by atoms with Crippen molar-refractivity contribution in [2.24, 2.45) is 0 Å². The summed E-state index contributed by atoms with van der Waals surface area (Å²) in [7, 11) is 3.78. The number of pyridine rings is 2. The highest BCUT2D eigenvalue weighted by Gasteiger charge is 2.39. The van der Waals surface area contributed by atoms with Crippen molar-refractivity contribution in [2.45, 2.75) is 31.1 Å². The van der Waals surface area contributed by atoms with Crippen LogP contribution in [0.25, 0.3) is 16.6 Å². The second-order valence-electron chi connectivity index (χ2n) is 10.5. The topological polar surface area (TPSA) is 171 Å². The number of fused-ring (bicyclic) bond motifs is 1. The monoisotopic (exact) mass is 774 g/mol. The van der Waals surface area contributed by atoms with Gasteiger partial charge in [-0.25, -0.2) is 28.3 Å². The van der Waals surface area contributed by atoms with Crippen LogP contribution in [0.4, 0.5) is 43.9 Å². The van der Waals surface area contributed by atoms with Gasteiger partial charge < -0.3 is 20.1 Å². The van der Waals surface area contributed by atoms with E-state index in [2.05, 4.69) is 38.2 Å². The van der Waals surface area contributed by atoms with Crippen molar-refractivity contribution in [3.05, 3.63) is 78.0 Å². The molecule has 23 heteroatoms. The Morgan fingerprint density at radius 3 is 1.91 bits per heavy atom. The second kappa shape index (κ2) is 18.3. The average molecular weight is 775 g/mol. The van der Waals surface area contributed by atoms with Gasteiger partial charge in [0.25, 0.3) is 0 Å². The van der Waals surface area contributed by atoms with E-state index < -0.39 is 36.4 Å².